The number of ether oxygens (including phenoxy) is 2. The minimum absolute atomic E-state index is 0.0374. The Kier molecular flexibility index (Phi) is 6.96. The summed E-state index contributed by atoms with van der Waals surface area (Å²) in [5.74, 6) is -1.68. The Morgan fingerprint density at radius 1 is 0.867 bits per heavy atom. The van der Waals surface area contributed by atoms with Crippen LogP contribution in [0.25, 0.3) is 22.3 Å². The van der Waals surface area contributed by atoms with Crippen molar-refractivity contribution in [2.45, 2.75) is 61.4 Å². The van der Waals surface area contributed by atoms with E-state index in [1.807, 2.05) is 0 Å². The lowest BCUT2D eigenvalue weighted by Gasteiger charge is -2.37. The molecule has 1 saturated carbocycles. The van der Waals surface area contributed by atoms with Crippen molar-refractivity contribution in [1.82, 2.24) is 49.7 Å². The number of aromatic amines is 2. The largest absolute Gasteiger partial charge is 0.394 e. The second kappa shape index (κ2) is 10.8. The number of nitrogens with two attached hydrogens (primary N) is 2. The molecule has 0 radical (unpaired) electrons. The van der Waals surface area contributed by atoms with Crippen LogP contribution in [0, 0.1) is 0 Å². The summed E-state index contributed by atoms with van der Waals surface area (Å²) in [6.07, 6.45) is -3.80. The van der Waals surface area contributed by atoms with E-state index in [9.17, 15) is 34.5 Å². The van der Waals surface area contributed by atoms with Crippen LogP contribution in [-0.4, -0.2) is 122 Å². The van der Waals surface area contributed by atoms with E-state index < -0.39 is 84.3 Å². The fourth-order valence-corrected chi connectivity index (χ4v) is 6.03. The van der Waals surface area contributed by atoms with E-state index in [1.54, 1.807) is 0 Å². The molecule has 0 aromatic carbocycles. The number of aliphatic hydroxyl groups is 3. The molecule has 0 bridgehead atoms. The average molecular weight is 629 g/mol. The molecule has 4 aromatic heterocycles. The van der Waals surface area contributed by atoms with E-state index in [0.717, 1.165) is 0 Å². The molecule has 21 nitrogen and oxygen atoms in total. The van der Waals surface area contributed by atoms with E-state index in [0.29, 0.717) is 0 Å². The Labute approximate surface area is 249 Å². The topological polar surface area (TPSA) is 317 Å². The normalized spacial score (nSPS) is 31.8. The molecule has 7 rings (SSSR count). The number of carbonyl (C=O) groups excluding carboxylic acids is 2. The smallest absolute Gasteiger partial charge is 0.280 e. The number of hydrogen-bond acceptors (Lipinski definition) is 17. The molecule has 6 heterocycles. The molecule has 11 N–H and O–H groups in total. The first-order valence-corrected chi connectivity index (χ1v) is 13.9. The standard InChI is InChI=1S/C24H28N12O9/c25-23-31-18-12(20(42)33-23)28-4-35(18)9-1-6(8(3-37)44-9)30-11-10(15(39)16(11)40)27-2-7-14(38)17(41)22(45-7)36-5-29-13-19(36)32-24(26)34-21(13)43/h4-11,14,17,22,27,30,37-38,41H,1-3H2,(H3,25,31,33,42)(H3,26,32,34,43). The quantitative estimate of drug-likeness (QED) is 0.0823. The van der Waals surface area contributed by atoms with Crippen molar-refractivity contribution in [3.8, 4) is 0 Å². The second-order valence-corrected chi connectivity index (χ2v) is 11.0. The fourth-order valence-electron chi connectivity index (χ4n) is 6.03. The molecule has 2 aliphatic heterocycles. The number of H-pyrrole nitrogens is 2. The van der Waals surface area contributed by atoms with Crippen molar-refractivity contribution in [3.05, 3.63) is 33.4 Å². The number of fused-ring (bicyclic) bond motifs is 2. The molecule has 2 saturated heterocycles. The zero-order valence-corrected chi connectivity index (χ0v) is 23.1. The Morgan fingerprint density at radius 2 is 1.47 bits per heavy atom. The Hall–Kier alpha value is -4.64. The van der Waals surface area contributed by atoms with Gasteiger partial charge in [-0.15, -0.1) is 0 Å². The third-order valence-electron chi connectivity index (χ3n) is 8.31. The van der Waals surface area contributed by atoms with Gasteiger partial charge in [0.05, 0.1) is 37.4 Å². The van der Waals surface area contributed by atoms with Crippen LogP contribution < -0.4 is 33.2 Å². The molecule has 3 aliphatic rings. The number of anilines is 2. The van der Waals surface area contributed by atoms with Crippen molar-refractivity contribution >= 4 is 45.8 Å². The van der Waals surface area contributed by atoms with Gasteiger partial charge in [0.1, 0.15) is 24.5 Å². The second-order valence-electron chi connectivity index (χ2n) is 11.0. The summed E-state index contributed by atoms with van der Waals surface area (Å²) in [4.78, 5) is 70.4. The molecule has 9 unspecified atom stereocenters. The number of Topliss-reactive ketones (excluding diaryl/α,β-unsaturated/α-hetero) is 2. The minimum atomic E-state index is -1.46. The highest BCUT2D eigenvalue weighted by Crippen LogP contribution is 2.33. The molecule has 0 spiro atoms. The van der Waals surface area contributed by atoms with Gasteiger partial charge < -0.3 is 41.6 Å². The monoisotopic (exact) mass is 628 g/mol. The fraction of sp³-hybridized carbons (Fsp3) is 0.500. The lowest BCUT2D eigenvalue weighted by molar-refractivity contribution is -0.148. The first kappa shape index (κ1) is 29.1. The van der Waals surface area contributed by atoms with Crippen LogP contribution in [0.15, 0.2) is 22.2 Å². The zero-order chi connectivity index (χ0) is 31.7. The maximum absolute atomic E-state index is 12.6. The summed E-state index contributed by atoms with van der Waals surface area (Å²) in [6, 6.07) is -2.60. The van der Waals surface area contributed by atoms with Gasteiger partial charge in [0.25, 0.3) is 11.1 Å². The minimum Gasteiger partial charge on any atom is -0.394 e. The number of nitrogens with one attached hydrogen (secondary N) is 4. The summed E-state index contributed by atoms with van der Waals surface area (Å²) in [6.45, 7) is -0.560. The molecule has 1 aliphatic carbocycles. The first-order valence-electron chi connectivity index (χ1n) is 13.9. The third kappa shape index (κ3) is 4.68. The highest BCUT2D eigenvalue weighted by Gasteiger charge is 2.52. The maximum Gasteiger partial charge on any atom is 0.280 e. The van der Waals surface area contributed by atoms with Gasteiger partial charge in [0.15, 0.2) is 28.6 Å². The molecular formula is C24H28N12O9. The Bertz CT molecular complexity index is 1940. The van der Waals surface area contributed by atoms with Gasteiger partial charge in [-0.25, -0.2) is 9.97 Å². The lowest BCUT2D eigenvalue weighted by atomic mass is 9.82. The molecule has 9 atom stereocenters. The van der Waals surface area contributed by atoms with Crippen LogP contribution in [-0.2, 0) is 19.1 Å². The van der Waals surface area contributed by atoms with Gasteiger partial charge in [-0.3, -0.25) is 43.6 Å². The SMILES string of the molecule is Nc1nc2c(ncn2C2CC(NC3C(=O)C(=O)C3NCC3OC(n4cnc5c(=O)[nH]c(N)nc54)C(O)C3O)C(CO)O2)c(=O)[nH]1. The number of nitrogens with zero attached hydrogens (tertiary/aromatic N) is 6. The molecule has 21 heteroatoms. The molecule has 45 heavy (non-hydrogen) atoms. The Balaban J connectivity index is 1.03. The number of hydrogen-bond donors (Lipinski definition) is 9. The van der Waals surface area contributed by atoms with Gasteiger partial charge in [0, 0.05) is 19.0 Å². The van der Waals surface area contributed by atoms with Crippen LogP contribution in [0.5, 0.6) is 0 Å². The van der Waals surface area contributed by atoms with Crippen LogP contribution in [0.4, 0.5) is 11.9 Å². The van der Waals surface area contributed by atoms with Gasteiger partial charge in [-0.05, 0) is 0 Å². The van der Waals surface area contributed by atoms with Crippen LogP contribution in [0.1, 0.15) is 18.9 Å². The highest BCUT2D eigenvalue weighted by atomic mass is 16.6. The molecule has 0 amide bonds. The highest BCUT2D eigenvalue weighted by molar-refractivity contribution is 6.49. The van der Waals surface area contributed by atoms with E-state index in [-0.39, 0.29) is 47.2 Å². The summed E-state index contributed by atoms with van der Waals surface area (Å²) in [5, 5.41) is 37.4. The number of carbonyl (C=O) groups is 2. The number of rotatable bonds is 8. The maximum atomic E-state index is 12.6. The number of aliphatic hydroxyl groups excluding tert-OH is 3. The van der Waals surface area contributed by atoms with Crippen LogP contribution >= 0.6 is 0 Å². The summed E-state index contributed by atoms with van der Waals surface area (Å²) < 4.78 is 14.6. The van der Waals surface area contributed by atoms with E-state index in [2.05, 4.69) is 40.5 Å². The van der Waals surface area contributed by atoms with Gasteiger partial charge >= 0.3 is 0 Å². The van der Waals surface area contributed by atoms with Crippen LogP contribution in [0.2, 0.25) is 0 Å². The Morgan fingerprint density at radius 3 is 2.11 bits per heavy atom. The number of imidazole rings is 2. The average Bonchev–Trinajstić information content (AvgIpc) is 3.78. The van der Waals surface area contributed by atoms with Crippen molar-refractivity contribution < 1.29 is 34.4 Å². The van der Waals surface area contributed by atoms with E-state index >= 15 is 0 Å². The van der Waals surface area contributed by atoms with Gasteiger partial charge in [-0.2, -0.15) is 9.97 Å². The first-order chi connectivity index (χ1) is 21.5. The van der Waals surface area contributed by atoms with Crippen molar-refractivity contribution in [2.24, 2.45) is 0 Å². The number of ketones is 2. The molecular weight excluding hydrogens is 600 g/mol. The van der Waals surface area contributed by atoms with Crippen molar-refractivity contribution in [3.63, 3.8) is 0 Å². The molecule has 238 valence electrons. The van der Waals surface area contributed by atoms with Crippen molar-refractivity contribution in [2.75, 3.05) is 24.6 Å². The summed E-state index contributed by atoms with van der Waals surface area (Å²) in [7, 11) is 0. The van der Waals surface area contributed by atoms with Crippen molar-refractivity contribution in [1.29, 1.82) is 0 Å². The molecule has 4 aromatic rings. The van der Waals surface area contributed by atoms with E-state index in [4.69, 9.17) is 20.9 Å². The predicted octanol–water partition coefficient (Wildman–Crippen LogP) is -5.25. The van der Waals surface area contributed by atoms with E-state index in [1.165, 1.54) is 21.8 Å². The van der Waals surface area contributed by atoms with Gasteiger partial charge in [0.2, 0.25) is 23.5 Å². The number of aromatic nitrogens is 8. The lowest BCUT2D eigenvalue weighted by Crippen LogP contribution is -2.72. The van der Waals surface area contributed by atoms with Crippen LogP contribution in [0.3, 0.4) is 0 Å². The summed E-state index contributed by atoms with van der Waals surface area (Å²) >= 11 is 0. The number of nitrogen functional groups attached to an aromatic ring is 2. The van der Waals surface area contributed by atoms with Gasteiger partial charge in [-0.1, -0.05) is 0 Å². The molecule has 3 fully saturated rings. The zero-order valence-electron chi connectivity index (χ0n) is 23.1. The summed E-state index contributed by atoms with van der Waals surface area (Å²) in [5.41, 5.74) is 10.4. The predicted molar refractivity (Wildman–Crippen MR) is 149 cm³/mol. The third-order valence-corrected chi connectivity index (χ3v) is 8.31.